The number of nitrogens with one attached hydrogen (secondary N) is 1. The summed E-state index contributed by atoms with van der Waals surface area (Å²) in [4.78, 5) is 14.7. The number of likely N-dealkylation sites (tertiary alicyclic amines) is 1. The highest BCUT2D eigenvalue weighted by Crippen LogP contribution is 2.20. The Hall–Kier alpha value is -0.660. The van der Waals surface area contributed by atoms with Gasteiger partial charge in [-0.05, 0) is 51.6 Å². The number of amides is 1. The van der Waals surface area contributed by atoms with Crippen LogP contribution >= 0.6 is 0 Å². The molecule has 0 unspecified atom stereocenters. The fraction of sp³-hybridized carbons (Fsp3) is 0.938. The summed E-state index contributed by atoms with van der Waals surface area (Å²) in [7, 11) is -3.11. The van der Waals surface area contributed by atoms with Gasteiger partial charge in [-0.2, -0.15) is 0 Å². The molecule has 1 amide bonds. The third-order valence-electron chi connectivity index (χ3n) is 4.98. The zero-order valence-corrected chi connectivity index (χ0v) is 15.3. The van der Waals surface area contributed by atoms with Gasteiger partial charge in [0, 0.05) is 32.1 Å². The first-order valence-electron chi connectivity index (χ1n) is 8.90. The Labute approximate surface area is 140 Å². The highest BCUT2D eigenvalue weighted by molar-refractivity contribution is 7.89. The molecule has 1 atom stereocenters. The maximum Gasteiger partial charge on any atom is 0.223 e. The van der Waals surface area contributed by atoms with E-state index in [1.54, 1.807) is 6.92 Å². The van der Waals surface area contributed by atoms with Gasteiger partial charge in [-0.3, -0.25) is 4.79 Å². The zero-order valence-electron chi connectivity index (χ0n) is 14.5. The van der Waals surface area contributed by atoms with E-state index in [0.717, 1.165) is 6.54 Å². The van der Waals surface area contributed by atoms with E-state index in [9.17, 15) is 13.2 Å². The van der Waals surface area contributed by atoms with Crippen LogP contribution in [0.25, 0.3) is 0 Å². The van der Waals surface area contributed by atoms with Crippen molar-refractivity contribution in [2.75, 3.05) is 45.0 Å². The summed E-state index contributed by atoms with van der Waals surface area (Å²) in [5, 5.41) is 3.06. The molecule has 6 nitrogen and oxygen atoms in total. The average Bonchev–Trinajstić information content (AvgIpc) is 3.05. The molecule has 0 saturated carbocycles. The molecule has 1 N–H and O–H groups in total. The topological polar surface area (TPSA) is 69.7 Å². The molecule has 2 aliphatic heterocycles. The standard InChI is InChI=1S/C16H31N3O3S/c1-3-23(21,22)19-10-6-15(7-11-19)16(20)17-12-14(2)13-18-8-4-5-9-18/h14-15H,3-13H2,1-2H3,(H,17,20)/t14-/m1/s1. The number of piperidine rings is 1. The second-order valence-electron chi connectivity index (χ2n) is 6.93. The second-order valence-corrected chi connectivity index (χ2v) is 9.19. The molecule has 0 aromatic rings. The molecule has 0 radical (unpaired) electrons. The van der Waals surface area contributed by atoms with E-state index in [1.165, 1.54) is 30.2 Å². The molecular formula is C16H31N3O3S. The molecule has 2 saturated heterocycles. The molecule has 2 aliphatic rings. The summed E-state index contributed by atoms with van der Waals surface area (Å²) in [5.74, 6) is 0.638. The first kappa shape index (κ1) is 18.7. The fourth-order valence-electron chi connectivity index (χ4n) is 3.47. The van der Waals surface area contributed by atoms with Gasteiger partial charge in [0.25, 0.3) is 0 Å². The SMILES string of the molecule is CCS(=O)(=O)N1CCC(C(=O)NC[C@@H](C)CN2CCCC2)CC1. The van der Waals surface area contributed by atoms with Crippen LogP contribution in [-0.2, 0) is 14.8 Å². The van der Waals surface area contributed by atoms with Gasteiger partial charge in [-0.1, -0.05) is 6.92 Å². The summed E-state index contributed by atoms with van der Waals surface area (Å²) >= 11 is 0. The van der Waals surface area contributed by atoms with E-state index in [1.807, 2.05) is 0 Å². The van der Waals surface area contributed by atoms with Crippen LogP contribution in [0.15, 0.2) is 0 Å². The van der Waals surface area contributed by atoms with E-state index >= 15 is 0 Å². The number of carbonyl (C=O) groups is 1. The van der Waals surface area contributed by atoms with Gasteiger partial charge < -0.3 is 10.2 Å². The van der Waals surface area contributed by atoms with Crippen LogP contribution in [0.3, 0.4) is 0 Å². The highest BCUT2D eigenvalue weighted by Gasteiger charge is 2.30. The predicted molar refractivity (Wildman–Crippen MR) is 91.6 cm³/mol. The summed E-state index contributed by atoms with van der Waals surface area (Å²) in [6, 6.07) is 0. The lowest BCUT2D eigenvalue weighted by Crippen LogP contribution is -2.44. The van der Waals surface area contributed by atoms with E-state index in [-0.39, 0.29) is 17.6 Å². The molecule has 2 fully saturated rings. The van der Waals surface area contributed by atoms with Crippen molar-refractivity contribution in [3.8, 4) is 0 Å². The van der Waals surface area contributed by atoms with E-state index in [0.29, 0.717) is 38.4 Å². The number of sulfonamides is 1. The van der Waals surface area contributed by atoms with E-state index in [4.69, 9.17) is 0 Å². The van der Waals surface area contributed by atoms with Crippen molar-refractivity contribution in [3.63, 3.8) is 0 Å². The largest absolute Gasteiger partial charge is 0.356 e. The summed E-state index contributed by atoms with van der Waals surface area (Å²) in [6.45, 7) is 8.90. The summed E-state index contributed by atoms with van der Waals surface area (Å²) in [5.41, 5.74) is 0. The van der Waals surface area contributed by atoms with Crippen LogP contribution in [0.2, 0.25) is 0 Å². The normalized spacial score (nSPS) is 23.0. The Kier molecular flexibility index (Phi) is 6.85. The Morgan fingerprint density at radius 3 is 2.35 bits per heavy atom. The number of hydrogen-bond donors (Lipinski definition) is 1. The first-order valence-corrected chi connectivity index (χ1v) is 10.5. The zero-order chi connectivity index (χ0) is 16.9. The molecule has 0 aromatic heterocycles. The second kappa shape index (κ2) is 8.44. The maximum absolute atomic E-state index is 12.3. The van der Waals surface area contributed by atoms with Gasteiger partial charge in [-0.25, -0.2) is 12.7 Å². The molecule has 0 bridgehead atoms. The lowest BCUT2D eigenvalue weighted by molar-refractivity contribution is -0.126. The monoisotopic (exact) mass is 345 g/mol. The Balaban J connectivity index is 1.68. The van der Waals surface area contributed by atoms with Gasteiger partial charge >= 0.3 is 0 Å². The van der Waals surface area contributed by atoms with E-state index < -0.39 is 10.0 Å². The summed E-state index contributed by atoms with van der Waals surface area (Å²) < 4.78 is 25.2. The number of hydrogen-bond acceptors (Lipinski definition) is 4. The molecular weight excluding hydrogens is 314 g/mol. The third kappa shape index (κ3) is 5.43. The highest BCUT2D eigenvalue weighted by atomic mass is 32.2. The molecule has 0 aliphatic carbocycles. The van der Waals surface area contributed by atoms with Crippen molar-refractivity contribution in [2.24, 2.45) is 11.8 Å². The lowest BCUT2D eigenvalue weighted by atomic mass is 9.97. The molecule has 2 heterocycles. The third-order valence-corrected chi connectivity index (χ3v) is 6.86. The quantitative estimate of drug-likeness (QED) is 0.744. The van der Waals surface area contributed by atoms with Crippen molar-refractivity contribution >= 4 is 15.9 Å². The van der Waals surface area contributed by atoms with Crippen LogP contribution in [0.4, 0.5) is 0 Å². The fourth-order valence-corrected chi connectivity index (χ4v) is 4.60. The summed E-state index contributed by atoms with van der Waals surface area (Å²) in [6.07, 6.45) is 3.84. The van der Waals surface area contributed by atoms with Gasteiger partial charge in [0.05, 0.1) is 5.75 Å². The van der Waals surface area contributed by atoms with Crippen LogP contribution < -0.4 is 5.32 Å². The molecule has 134 valence electrons. The van der Waals surface area contributed by atoms with Crippen LogP contribution in [-0.4, -0.2) is 68.6 Å². The van der Waals surface area contributed by atoms with E-state index in [2.05, 4.69) is 17.1 Å². The van der Waals surface area contributed by atoms with Crippen molar-refractivity contribution in [3.05, 3.63) is 0 Å². The number of carbonyl (C=O) groups excluding carboxylic acids is 1. The maximum atomic E-state index is 12.3. The Morgan fingerprint density at radius 2 is 1.78 bits per heavy atom. The van der Waals surface area contributed by atoms with Gasteiger partial charge in [0.1, 0.15) is 0 Å². The molecule has 7 heteroatoms. The van der Waals surface area contributed by atoms with Crippen molar-refractivity contribution < 1.29 is 13.2 Å². The minimum absolute atomic E-state index is 0.0442. The minimum Gasteiger partial charge on any atom is -0.356 e. The average molecular weight is 346 g/mol. The van der Waals surface area contributed by atoms with Crippen molar-refractivity contribution in [1.29, 1.82) is 0 Å². The Bertz CT molecular complexity index is 481. The minimum atomic E-state index is -3.11. The first-order chi connectivity index (χ1) is 10.9. The van der Waals surface area contributed by atoms with Crippen LogP contribution in [0, 0.1) is 11.8 Å². The lowest BCUT2D eigenvalue weighted by Gasteiger charge is -2.30. The molecule has 0 spiro atoms. The predicted octanol–water partition coefficient (Wildman–Crippen LogP) is 0.896. The number of nitrogens with zero attached hydrogens (tertiary/aromatic N) is 2. The van der Waals surface area contributed by atoms with Crippen molar-refractivity contribution in [1.82, 2.24) is 14.5 Å². The van der Waals surface area contributed by atoms with Crippen molar-refractivity contribution in [2.45, 2.75) is 39.5 Å². The molecule has 23 heavy (non-hydrogen) atoms. The van der Waals surface area contributed by atoms with Crippen LogP contribution in [0.5, 0.6) is 0 Å². The molecule has 0 aromatic carbocycles. The van der Waals surface area contributed by atoms with Gasteiger partial charge in [-0.15, -0.1) is 0 Å². The Morgan fingerprint density at radius 1 is 1.17 bits per heavy atom. The molecule has 2 rings (SSSR count). The smallest absolute Gasteiger partial charge is 0.223 e. The van der Waals surface area contributed by atoms with Gasteiger partial charge in [0.15, 0.2) is 0 Å². The van der Waals surface area contributed by atoms with Gasteiger partial charge in [0.2, 0.25) is 15.9 Å². The number of rotatable bonds is 7. The van der Waals surface area contributed by atoms with Crippen LogP contribution in [0.1, 0.15) is 39.5 Å².